The summed E-state index contributed by atoms with van der Waals surface area (Å²) in [7, 11) is 1.90. The summed E-state index contributed by atoms with van der Waals surface area (Å²) in [6, 6.07) is 12.3. The van der Waals surface area contributed by atoms with Crippen LogP contribution in [-0.4, -0.2) is 10.5 Å². The summed E-state index contributed by atoms with van der Waals surface area (Å²) < 4.78 is 40.0. The van der Waals surface area contributed by atoms with Crippen molar-refractivity contribution in [2.45, 2.75) is 12.6 Å². The van der Waals surface area contributed by atoms with E-state index in [2.05, 4.69) is 5.32 Å². The van der Waals surface area contributed by atoms with Gasteiger partial charge >= 0.3 is 6.18 Å². The number of aromatic nitrogens is 1. The van der Waals surface area contributed by atoms with Crippen molar-refractivity contribution < 1.29 is 18.0 Å². The number of alkyl halides is 3. The summed E-state index contributed by atoms with van der Waals surface area (Å²) in [6.07, 6.45) is -2.61. The summed E-state index contributed by atoms with van der Waals surface area (Å²) in [5, 5.41) is 3.77. The van der Waals surface area contributed by atoms with E-state index in [1.165, 1.54) is 12.1 Å². The highest BCUT2D eigenvalue weighted by Gasteiger charge is 2.30. The van der Waals surface area contributed by atoms with Gasteiger partial charge in [0.25, 0.3) is 0 Å². The summed E-state index contributed by atoms with van der Waals surface area (Å²) in [5.41, 5.74) is 1.15. The number of carbonyl (C=O) groups is 1. The standard InChI is InChI=1S/C18H15F3N2O/c1-23-8-7-13-5-6-15(11-16(13)23)22-17(24)10-12-3-2-4-14(9-12)18(19,20)21/h2-9,11H,10H2,1H3,(H,22,24). The molecule has 0 aliphatic rings. The Labute approximate surface area is 136 Å². The third-order valence-corrected chi connectivity index (χ3v) is 3.79. The van der Waals surface area contributed by atoms with E-state index in [4.69, 9.17) is 0 Å². The fourth-order valence-corrected chi connectivity index (χ4v) is 2.59. The Morgan fingerprint density at radius 1 is 1.12 bits per heavy atom. The van der Waals surface area contributed by atoms with Crippen LogP contribution >= 0.6 is 0 Å². The van der Waals surface area contributed by atoms with Gasteiger partial charge in [0, 0.05) is 24.4 Å². The first-order valence-corrected chi connectivity index (χ1v) is 7.34. The van der Waals surface area contributed by atoms with Gasteiger partial charge in [-0.25, -0.2) is 0 Å². The van der Waals surface area contributed by atoms with Gasteiger partial charge in [-0.3, -0.25) is 4.79 Å². The van der Waals surface area contributed by atoms with Crippen LogP contribution in [0.2, 0.25) is 0 Å². The highest BCUT2D eigenvalue weighted by atomic mass is 19.4. The molecule has 0 radical (unpaired) electrons. The number of carbonyl (C=O) groups excluding carboxylic acids is 1. The van der Waals surface area contributed by atoms with Gasteiger partial charge in [0.15, 0.2) is 0 Å². The van der Waals surface area contributed by atoms with E-state index >= 15 is 0 Å². The van der Waals surface area contributed by atoms with Gasteiger partial charge in [0.05, 0.1) is 12.0 Å². The van der Waals surface area contributed by atoms with E-state index in [0.717, 1.165) is 23.0 Å². The van der Waals surface area contributed by atoms with Crippen molar-refractivity contribution in [3.05, 3.63) is 65.9 Å². The van der Waals surface area contributed by atoms with Crippen LogP contribution in [-0.2, 0) is 24.4 Å². The molecule has 0 saturated heterocycles. The van der Waals surface area contributed by atoms with Crippen LogP contribution in [0.3, 0.4) is 0 Å². The lowest BCUT2D eigenvalue weighted by atomic mass is 10.1. The number of halogens is 3. The Hall–Kier alpha value is -2.76. The number of rotatable bonds is 3. The highest BCUT2D eigenvalue weighted by Crippen LogP contribution is 2.29. The molecule has 0 aliphatic carbocycles. The predicted molar refractivity (Wildman–Crippen MR) is 86.7 cm³/mol. The van der Waals surface area contributed by atoms with Crippen molar-refractivity contribution in [3.8, 4) is 0 Å². The quantitative estimate of drug-likeness (QED) is 0.759. The maximum atomic E-state index is 12.7. The summed E-state index contributed by atoms with van der Waals surface area (Å²) in [4.78, 5) is 12.1. The van der Waals surface area contributed by atoms with Crippen LogP contribution in [0.25, 0.3) is 10.9 Å². The molecular formula is C18H15F3N2O. The molecule has 0 saturated carbocycles. The fourth-order valence-electron chi connectivity index (χ4n) is 2.59. The zero-order chi connectivity index (χ0) is 17.3. The zero-order valence-corrected chi connectivity index (χ0v) is 12.9. The number of amides is 1. The number of fused-ring (bicyclic) bond motifs is 1. The van der Waals surface area contributed by atoms with E-state index in [1.54, 1.807) is 6.07 Å². The van der Waals surface area contributed by atoms with E-state index in [0.29, 0.717) is 11.3 Å². The van der Waals surface area contributed by atoms with E-state index in [-0.39, 0.29) is 12.3 Å². The van der Waals surface area contributed by atoms with E-state index < -0.39 is 11.7 Å². The minimum absolute atomic E-state index is 0.116. The second-order valence-corrected chi connectivity index (χ2v) is 5.62. The molecule has 0 unspecified atom stereocenters. The van der Waals surface area contributed by atoms with Gasteiger partial charge < -0.3 is 9.88 Å². The second kappa shape index (κ2) is 6.03. The van der Waals surface area contributed by atoms with Crippen molar-refractivity contribution in [2.24, 2.45) is 7.05 Å². The molecule has 3 rings (SSSR count). The SMILES string of the molecule is Cn1ccc2ccc(NC(=O)Cc3cccc(C(F)(F)F)c3)cc21. The number of aryl methyl sites for hydroxylation is 1. The molecule has 1 amide bonds. The maximum absolute atomic E-state index is 12.7. The van der Waals surface area contributed by atoms with Crippen LogP contribution in [0.15, 0.2) is 54.7 Å². The Kier molecular flexibility index (Phi) is 4.05. The molecule has 3 nitrogen and oxygen atoms in total. The summed E-state index contributed by atoms with van der Waals surface area (Å²) >= 11 is 0. The first-order valence-electron chi connectivity index (χ1n) is 7.34. The average molecular weight is 332 g/mol. The molecule has 1 heterocycles. The van der Waals surface area contributed by atoms with Crippen molar-refractivity contribution in [2.75, 3.05) is 5.32 Å². The minimum atomic E-state index is -4.41. The lowest BCUT2D eigenvalue weighted by Gasteiger charge is -2.09. The Morgan fingerprint density at radius 2 is 1.92 bits per heavy atom. The number of hydrogen-bond acceptors (Lipinski definition) is 1. The molecule has 1 N–H and O–H groups in total. The van der Waals surface area contributed by atoms with Gasteiger partial charge in [-0.2, -0.15) is 13.2 Å². The molecular weight excluding hydrogens is 317 g/mol. The van der Waals surface area contributed by atoms with Crippen LogP contribution in [0.1, 0.15) is 11.1 Å². The molecule has 3 aromatic rings. The third-order valence-electron chi connectivity index (χ3n) is 3.79. The molecule has 24 heavy (non-hydrogen) atoms. The average Bonchev–Trinajstić information content (AvgIpc) is 2.88. The number of benzene rings is 2. The highest BCUT2D eigenvalue weighted by molar-refractivity contribution is 5.94. The molecule has 6 heteroatoms. The summed E-state index contributed by atoms with van der Waals surface area (Å²) in [6.45, 7) is 0. The number of anilines is 1. The molecule has 0 bridgehead atoms. The van der Waals surface area contributed by atoms with Crippen molar-refractivity contribution in [1.82, 2.24) is 4.57 Å². The first-order chi connectivity index (χ1) is 11.3. The lowest BCUT2D eigenvalue weighted by molar-refractivity contribution is -0.137. The Bertz CT molecular complexity index is 897. The predicted octanol–water partition coefficient (Wildman–Crippen LogP) is 4.38. The summed E-state index contributed by atoms with van der Waals surface area (Å²) in [5.74, 6) is -0.358. The third kappa shape index (κ3) is 3.42. The number of hydrogen-bond donors (Lipinski definition) is 1. The van der Waals surface area contributed by atoms with Gasteiger partial charge in [0.1, 0.15) is 0 Å². The fraction of sp³-hybridized carbons (Fsp3) is 0.167. The van der Waals surface area contributed by atoms with Gasteiger partial charge in [-0.15, -0.1) is 0 Å². The van der Waals surface area contributed by atoms with Crippen molar-refractivity contribution in [1.29, 1.82) is 0 Å². The lowest BCUT2D eigenvalue weighted by Crippen LogP contribution is -2.15. The largest absolute Gasteiger partial charge is 0.416 e. The molecule has 124 valence electrons. The molecule has 1 aromatic heterocycles. The van der Waals surface area contributed by atoms with Crippen LogP contribution in [0, 0.1) is 0 Å². The normalized spacial score (nSPS) is 11.7. The number of nitrogens with zero attached hydrogens (tertiary/aromatic N) is 1. The van der Waals surface area contributed by atoms with Crippen molar-refractivity contribution >= 4 is 22.5 Å². The van der Waals surface area contributed by atoms with E-state index in [1.807, 2.05) is 36.0 Å². The van der Waals surface area contributed by atoms with Gasteiger partial charge in [0.2, 0.25) is 5.91 Å². The molecule has 0 spiro atoms. The molecule has 0 atom stereocenters. The number of nitrogens with one attached hydrogen (secondary N) is 1. The topological polar surface area (TPSA) is 34.0 Å². The Morgan fingerprint density at radius 3 is 2.67 bits per heavy atom. The van der Waals surface area contributed by atoms with Gasteiger partial charge in [-0.05, 0) is 35.2 Å². The monoisotopic (exact) mass is 332 g/mol. The minimum Gasteiger partial charge on any atom is -0.350 e. The molecule has 2 aromatic carbocycles. The zero-order valence-electron chi connectivity index (χ0n) is 12.9. The molecule has 0 aliphatic heterocycles. The Balaban J connectivity index is 1.74. The van der Waals surface area contributed by atoms with Crippen LogP contribution in [0.5, 0.6) is 0 Å². The maximum Gasteiger partial charge on any atom is 0.416 e. The van der Waals surface area contributed by atoms with Crippen LogP contribution < -0.4 is 5.32 Å². The smallest absolute Gasteiger partial charge is 0.350 e. The second-order valence-electron chi connectivity index (χ2n) is 5.62. The van der Waals surface area contributed by atoms with Crippen molar-refractivity contribution in [3.63, 3.8) is 0 Å². The van der Waals surface area contributed by atoms with E-state index in [9.17, 15) is 18.0 Å². The first kappa shape index (κ1) is 16.1. The van der Waals surface area contributed by atoms with Gasteiger partial charge in [-0.1, -0.05) is 24.3 Å². The van der Waals surface area contributed by atoms with Crippen LogP contribution in [0.4, 0.5) is 18.9 Å². The molecule has 0 fully saturated rings.